The number of fused-ring (bicyclic) bond motifs is 13. The molecule has 2 aliphatic rings. The van der Waals surface area contributed by atoms with Gasteiger partial charge in [0.05, 0.1) is 11.1 Å². The van der Waals surface area contributed by atoms with Gasteiger partial charge < -0.3 is 14.2 Å². The molecule has 3 heteroatoms. The Hall–Kier alpha value is -9.18. The molecular weight excluding hydrogens is 849 g/mol. The van der Waals surface area contributed by atoms with Gasteiger partial charge in [-0.1, -0.05) is 194 Å². The minimum absolute atomic E-state index is 0.523. The average molecular weight is 893 g/mol. The van der Waals surface area contributed by atoms with Gasteiger partial charge in [-0.3, -0.25) is 0 Å². The van der Waals surface area contributed by atoms with E-state index < -0.39 is 5.41 Å². The van der Waals surface area contributed by atoms with E-state index in [1.54, 1.807) is 0 Å². The zero-order valence-electron chi connectivity index (χ0n) is 38.2. The maximum atomic E-state index is 6.70. The lowest BCUT2D eigenvalue weighted by Crippen LogP contribution is -2.26. The smallest absolute Gasteiger partial charge is 0.159 e. The number of para-hydroxylation sites is 3. The monoisotopic (exact) mass is 892 g/mol. The molecule has 0 N–H and O–H groups in total. The van der Waals surface area contributed by atoms with Crippen LogP contribution in [0.25, 0.3) is 66.4 Å². The van der Waals surface area contributed by atoms with Crippen molar-refractivity contribution in [2.75, 3.05) is 9.80 Å². The summed E-state index contributed by atoms with van der Waals surface area (Å²) in [4.78, 5) is 4.76. The lowest BCUT2D eigenvalue weighted by Gasteiger charge is -2.32. The van der Waals surface area contributed by atoms with Crippen molar-refractivity contribution in [1.29, 1.82) is 0 Å². The van der Waals surface area contributed by atoms with E-state index in [0.29, 0.717) is 0 Å². The van der Waals surface area contributed by atoms with Crippen LogP contribution in [-0.4, -0.2) is 0 Å². The molecule has 1 atom stereocenters. The van der Waals surface area contributed by atoms with Crippen molar-refractivity contribution in [1.82, 2.24) is 0 Å². The molecule has 0 saturated carbocycles. The molecule has 0 fully saturated rings. The summed E-state index contributed by atoms with van der Waals surface area (Å²) in [5.74, 6) is 0. The Morgan fingerprint density at radius 2 is 0.686 bits per heavy atom. The number of rotatable bonds is 8. The van der Waals surface area contributed by atoms with Crippen LogP contribution in [-0.2, 0) is 5.41 Å². The topological polar surface area (TPSA) is 19.6 Å². The van der Waals surface area contributed by atoms with Gasteiger partial charge in [-0.15, -0.1) is 0 Å². The minimum atomic E-state index is -0.523. The molecule has 2 aliphatic carbocycles. The van der Waals surface area contributed by atoms with Crippen molar-refractivity contribution < 1.29 is 4.42 Å². The van der Waals surface area contributed by atoms with Gasteiger partial charge in [-0.25, -0.2) is 0 Å². The van der Waals surface area contributed by atoms with Crippen LogP contribution >= 0.6 is 0 Å². The molecule has 0 amide bonds. The zero-order valence-corrected chi connectivity index (χ0v) is 38.2. The molecule has 0 aliphatic heterocycles. The van der Waals surface area contributed by atoms with E-state index in [1.165, 1.54) is 66.8 Å². The highest BCUT2D eigenvalue weighted by Crippen LogP contribution is 2.64. The van der Waals surface area contributed by atoms with Crippen molar-refractivity contribution in [2.45, 2.75) is 5.41 Å². The Morgan fingerprint density at radius 1 is 0.271 bits per heavy atom. The highest BCUT2D eigenvalue weighted by molar-refractivity contribution is 6.10. The molecule has 3 nitrogen and oxygen atoms in total. The average Bonchev–Trinajstić information content (AvgIpc) is 4.07. The molecule has 1 spiro atoms. The molecule has 328 valence electrons. The van der Waals surface area contributed by atoms with Crippen LogP contribution in [0.2, 0.25) is 0 Å². The first-order valence-electron chi connectivity index (χ1n) is 24.1. The molecule has 1 heterocycles. The van der Waals surface area contributed by atoms with Crippen LogP contribution in [0, 0.1) is 0 Å². The summed E-state index contributed by atoms with van der Waals surface area (Å²) in [6, 6.07) is 97.1. The van der Waals surface area contributed by atoms with Gasteiger partial charge in [0.2, 0.25) is 0 Å². The third-order valence-electron chi connectivity index (χ3n) is 14.7. The fraction of sp³-hybridized carbons (Fsp3) is 0.0149. The Labute approximate surface area is 407 Å². The molecule has 0 saturated heterocycles. The predicted molar refractivity (Wildman–Crippen MR) is 290 cm³/mol. The SMILES string of the molecule is c1ccc(-c2ccc(N(c3ccc(-c4ccccc4)cc3)c3ccc4c(c3)-c3ccccc3C43c4ccccc4-c4cc(N(c5ccccc5)c5cccc6c5oc5ccccc56)ccc43)cc2)cc1. The van der Waals surface area contributed by atoms with Crippen LogP contribution in [0.3, 0.4) is 0 Å². The first kappa shape index (κ1) is 39.9. The molecule has 0 radical (unpaired) electrons. The molecule has 12 aromatic rings. The van der Waals surface area contributed by atoms with Crippen molar-refractivity contribution in [3.63, 3.8) is 0 Å². The zero-order chi connectivity index (χ0) is 46.2. The van der Waals surface area contributed by atoms with Crippen molar-refractivity contribution in [3.8, 4) is 44.5 Å². The van der Waals surface area contributed by atoms with Crippen LogP contribution in [0.1, 0.15) is 22.3 Å². The van der Waals surface area contributed by atoms with Gasteiger partial charge in [0.1, 0.15) is 5.58 Å². The van der Waals surface area contributed by atoms with Gasteiger partial charge in [-0.05, 0) is 140 Å². The van der Waals surface area contributed by atoms with Gasteiger partial charge >= 0.3 is 0 Å². The second-order valence-corrected chi connectivity index (χ2v) is 18.4. The number of hydrogen-bond donors (Lipinski definition) is 0. The third-order valence-corrected chi connectivity index (χ3v) is 14.7. The second-order valence-electron chi connectivity index (χ2n) is 18.4. The highest BCUT2D eigenvalue weighted by atomic mass is 16.3. The highest BCUT2D eigenvalue weighted by Gasteiger charge is 2.52. The van der Waals surface area contributed by atoms with E-state index in [4.69, 9.17) is 4.42 Å². The lowest BCUT2D eigenvalue weighted by atomic mass is 9.70. The normalized spacial score (nSPS) is 14.1. The maximum absolute atomic E-state index is 6.70. The van der Waals surface area contributed by atoms with Crippen molar-refractivity contribution >= 4 is 56.1 Å². The van der Waals surface area contributed by atoms with E-state index in [-0.39, 0.29) is 0 Å². The first-order chi connectivity index (χ1) is 34.7. The molecule has 0 bridgehead atoms. The molecule has 11 aromatic carbocycles. The summed E-state index contributed by atoms with van der Waals surface area (Å²) in [7, 11) is 0. The third kappa shape index (κ3) is 6.08. The van der Waals surface area contributed by atoms with Gasteiger partial charge in [-0.2, -0.15) is 0 Å². The van der Waals surface area contributed by atoms with Crippen molar-refractivity contribution in [3.05, 3.63) is 289 Å². The molecular formula is C67H44N2O. The predicted octanol–water partition coefficient (Wildman–Crippen LogP) is 18.2. The number of furan rings is 1. The number of hydrogen-bond acceptors (Lipinski definition) is 3. The van der Waals surface area contributed by atoms with Gasteiger partial charge in [0.25, 0.3) is 0 Å². The summed E-state index contributed by atoms with van der Waals surface area (Å²) in [6.45, 7) is 0. The Kier molecular flexibility index (Phi) is 9.11. The summed E-state index contributed by atoms with van der Waals surface area (Å²) in [5, 5.41) is 2.22. The van der Waals surface area contributed by atoms with Crippen LogP contribution in [0.4, 0.5) is 34.1 Å². The lowest BCUT2D eigenvalue weighted by molar-refractivity contribution is 0.669. The minimum Gasteiger partial charge on any atom is -0.454 e. The number of anilines is 6. The largest absolute Gasteiger partial charge is 0.454 e. The fourth-order valence-corrected chi connectivity index (χ4v) is 11.6. The van der Waals surface area contributed by atoms with E-state index in [1.807, 2.05) is 6.07 Å². The number of benzene rings is 11. The van der Waals surface area contributed by atoms with E-state index >= 15 is 0 Å². The standard InChI is InChI=1S/C67H44N2O/c1-4-17-45(18-5-1)47-31-35-50(36-32-47)68(51-37-33-48(34-38-51)46-19-6-2-7-20-46)52-39-41-62-58(43-52)54-23-10-13-27-60(54)67(62)61-28-14-11-24-55(61)59-44-53(40-42-63(59)67)69(49-21-8-3-9-22-49)64-29-16-26-57-56-25-12-15-30-65(56)70-66(57)64/h1-44H. The van der Waals surface area contributed by atoms with E-state index in [9.17, 15) is 0 Å². The maximum Gasteiger partial charge on any atom is 0.159 e. The molecule has 14 rings (SSSR count). The summed E-state index contributed by atoms with van der Waals surface area (Å²) in [6.07, 6.45) is 0. The summed E-state index contributed by atoms with van der Waals surface area (Å²) < 4.78 is 6.70. The number of nitrogens with zero attached hydrogens (tertiary/aromatic N) is 2. The van der Waals surface area contributed by atoms with Crippen LogP contribution < -0.4 is 9.80 Å². The summed E-state index contributed by atoms with van der Waals surface area (Å²) in [5.41, 5.74) is 22.6. The van der Waals surface area contributed by atoms with Gasteiger partial charge in [0, 0.05) is 39.2 Å². The first-order valence-corrected chi connectivity index (χ1v) is 24.1. The molecule has 70 heavy (non-hydrogen) atoms. The van der Waals surface area contributed by atoms with Crippen molar-refractivity contribution in [2.24, 2.45) is 0 Å². The Balaban J connectivity index is 0.939. The van der Waals surface area contributed by atoms with Crippen LogP contribution in [0.5, 0.6) is 0 Å². The molecule has 1 aromatic heterocycles. The summed E-state index contributed by atoms with van der Waals surface area (Å²) >= 11 is 0. The van der Waals surface area contributed by atoms with E-state index in [0.717, 1.165) is 56.1 Å². The second kappa shape index (κ2) is 16.0. The molecule has 1 unspecified atom stereocenters. The fourth-order valence-electron chi connectivity index (χ4n) is 11.6. The Morgan fingerprint density at radius 3 is 1.26 bits per heavy atom. The quantitative estimate of drug-likeness (QED) is 0.152. The van der Waals surface area contributed by atoms with Gasteiger partial charge in [0.15, 0.2) is 5.58 Å². The Bertz CT molecular complexity index is 3850. The van der Waals surface area contributed by atoms with Crippen LogP contribution in [0.15, 0.2) is 271 Å². The van der Waals surface area contributed by atoms with E-state index in [2.05, 4.69) is 271 Å².